The van der Waals surface area contributed by atoms with Gasteiger partial charge in [-0.05, 0) is 36.1 Å². The van der Waals surface area contributed by atoms with Gasteiger partial charge in [0.25, 0.3) is 0 Å². The molecule has 2 aromatic heterocycles. The first-order valence-corrected chi connectivity index (χ1v) is 7.78. The minimum Gasteiger partial charge on any atom is -0.382 e. The second kappa shape index (κ2) is 5.69. The third kappa shape index (κ3) is 2.50. The molecule has 0 aliphatic heterocycles. The molecule has 0 saturated heterocycles. The molecule has 23 heavy (non-hydrogen) atoms. The van der Waals surface area contributed by atoms with Crippen molar-refractivity contribution < 1.29 is 0 Å². The fourth-order valence-corrected chi connectivity index (χ4v) is 3.09. The Balaban J connectivity index is 1.86. The summed E-state index contributed by atoms with van der Waals surface area (Å²) < 4.78 is 0. The van der Waals surface area contributed by atoms with Crippen LogP contribution < -0.4 is 5.73 Å². The predicted octanol–water partition coefficient (Wildman–Crippen LogP) is 4.15. The normalized spacial score (nSPS) is 11.1. The van der Waals surface area contributed by atoms with E-state index in [1.54, 1.807) is 0 Å². The first kappa shape index (κ1) is 13.7. The van der Waals surface area contributed by atoms with Gasteiger partial charge in [0.15, 0.2) is 5.82 Å². The van der Waals surface area contributed by atoms with Crippen LogP contribution in [0, 0.1) is 0 Å². The second-order valence-corrected chi connectivity index (χ2v) is 5.69. The zero-order valence-corrected chi connectivity index (χ0v) is 12.7. The molecule has 4 aromatic rings. The lowest BCUT2D eigenvalue weighted by molar-refractivity contribution is 0.967. The van der Waals surface area contributed by atoms with Crippen LogP contribution in [-0.4, -0.2) is 9.97 Å². The maximum absolute atomic E-state index is 6.12. The second-order valence-electron chi connectivity index (χ2n) is 5.69. The lowest BCUT2D eigenvalue weighted by Crippen LogP contribution is -1.99. The van der Waals surface area contributed by atoms with Crippen molar-refractivity contribution >= 4 is 27.6 Å². The quantitative estimate of drug-likeness (QED) is 0.578. The van der Waals surface area contributed by atoms with Gasteiger partial charge in [-0.2, -0.15) is 0 Å². The fourth-order valence-electron chi connectivity index (χ4n) is 3.09. The number of nitrogens with zero attached hydrogens (tertiary/aromatic N) is 2. The number of hydrogen-bond donors (Lipinski definition) is 1. The summed E-state index contributed by atoms with van der Waals surface area (Å²) in [5, 5.41) is 2.25. The average Bonchev–Trinajstić information content (AvgIpc) is 2.61. The minimum absolute atomic E-state index is 0.500. The summed E-state index contributed by atoms with van der Waals surface area (Å²) in [6, 6.07) is 20.7. The van der Waals surface area contributed by atoms with Crippen LogP contribution in [0.2, 0.25) is 0 Å². The number of aryl methyl sites for hydroxylation is 2. The Morgan fingerprint density at radius 3 is 2.48 bits per heavy atom. The maximum atomic E-state index is 6.12. The highest BCUT2D eigenvalue weighted by Crippen LogP contribution is 2.29. The zero-order chi connectivity index (χ0) is 15.6. The smallest absolute Gasteiger partial charge is 0.150 e. The number of aromatic nitrogens is 2. The highest BCUT2D eigenvalue weighted by atomic mass is 14.9. The molecular formula is C20H17N3. The number of nitrogen functional groups attached to an aromatic ring is 1. The van der Waals surface area contributed by atoms with Gasteiger partial charge in [-0.1, -0.05) is 48.5 Å². The summed E-state index contributed by atoms with van der Waals surface area (Å²) in [5.41, 5.74) is 10.5. The van der Waals surface area contributed by atoms with E-state index < -0.39 is 0 Å². The summed E-state index contributed by atoms with van der Waals surface area (Å²) >= 11 is 0. The minimum atomic E-state index is 0.500. The maximum Gasteiger partial charge on any atom is 0.150 e. The monoisotopic (exact) mass is 299 g/mol. The van der Waals surface area contributed by atoms with E-state index in [2.05, 4.69) is 46.4 Å². The van der Waals surface area contributed by atoms with Gasteiger partial charge in [-0.25, -0.2) is 4.98 Å². The molecule has 0 radical (unpaired) electrons. The van der Waals surface area contributed by atoms with Crippen molar-refractivity contribution in [3.05, 3.63) is 78.0 Å². The molecule has 0 amide bonds. The molecule has 0 fully saturated rings. The van der Waals surface area contributed by atoms with Crippen LogP contribution in [0.25, 0.3) is 21.8 Å². The molecule has 0 saturated carbocycles. The van der Waals surface area contributed by atoms with Crippen LogP contribution in [0.5, 0.6) is 0 Å². The van der Waals surface area contributed by atoms with Gasteiger partial charge in [0.1, 0.15) is 5.52 Å². The van der Waals surface area contributed by atoms with E-state index in [-0.39, 0.29) is 0 Å². The lowest BCUT2D eigenvalue weighted by Gasteiger charge is -2.10. The first-order valence-electron chi connectivity index (χ1n) is 7.78. The van der Waals surface area contributed by atoms with Gasteiger partial charge in [0, 0.05) is 17.0 Å². The highest BCUT2D eigenvalue weighted by molar-refractivity contribution is 6.09. The Hall–Kier alpha value is -2.94. The highest BCUT2D eigenvalue weighted by Gasteiger charge is 2.11. The topological polar surface area (TPSA) is 51.8 Å². The van der Waals surface area contributed by atoms with Gasteiger partial charge in [0.05, 0.1) is 5.52 Å². The lowest BCUT2D eigenvalue weighted by atomic mass is 9.99. The Morgan fingerprint density at radius 1 is 0.826 bits per heavy atom. The third-order valence-electron chi connectivity index (χ3n) is 4.22. The van der Waals surface area contributed by atoms with Gasteiger partial charge >= 0.3 is 0 Å². The molecule has 0 unspecified atom stereocenters. The van der Waals surface area contributed by atoms with E-state index in [1.165, 1.54) is 11.1 Å². The van der Waals surface area contributed by atoms with E-state index in [1.807, 2.05) is 30.5 Å². The Morgan fingerprint density at radius 2 is 1.61 bits per heavy atom. The standard InChI is InChI=1S/C20H17N3/c21-20-19-18(16-8-4-5-9-17(16)23-20)15(12-13-22-19)11-10-14-6-2-1-3-7-14/h1-9,12-13H,10-11H2,(H2,21,23). The van der Waals surface area contributed by atoms with Crippen molar-refractivity contribution in [1.82, 2.24) is 9.97 Å². The summed E-state index contributed by atoms with van der Waals surface area (Å²) in [6.07, 6.45) is 3.78. The molecule has 3 heteroatoms. The molecule has 0 bridgehead atoms. The average molecular weight is 299 g/mol. The number of nitrogens with two attached hydrogens (primary N) is 1. The molecule has 0 aliphatic rings. The molecule has 4 rings (SSSR count). The van der Waals surface area contributed by atoms with Crippen LogP contribution in [0.1, 0.15) is 11.1 Å². The van der Waals surface area contributed by atoms with E-state index in [0.717, 1.165) is 34.6 Å². The van der Waals surface area contributed by atoms with Gasteiger partial charge in [-0.3, -0.25) is 4.98 Å². The number of pyridine rings is 2. The SMILES string of the molecule is Nc1nc2ccccc2c2c(CCc3ccccc3)ccnc12. The van der Waals surface area contributed by atoms with E-state index in [4.69, 9.17) is 5.73 Å². The number of anilines is 1. The van der Waals surface area contributed by atoms with Crippen molar-refractivity contribution in [1.29, 1.82) is 0 Å². The van der Waals surface area contributed by atoms with Crippen molar-refractivity contribution in [2.45, 2.75) is 12.8 Å². The van der Waals surface area contributed by atoms with Crippen LogP contribution in [-0.2, 0) is 12.8 Å². The van der Waals surface area contributed by atoms with Gasteiger partial charge < -0.3 is 5.73 Å². The third-order valence-corrected chi connectivity index (χ3v) is 4.22. The Kier molecular flexibility index (Phi) is 3.39. The fraction of sp³-hybridized carbons (Fsp3) is 0.100. The molecule has 0 spiro atoms. The van der Waals surface area contributed by atoms with Crippen LogP contribution >= 0.6 is 0 Å². The van der Waals surface area contributed by atoms with E-state index in [0.29, 0.717) is 5.82 Å². The summed E-state index contributed by atoms with van der Waals surface area (Å²) in [4.78, 5) is 8.94. The number of para-hydroxylation sites is 1. The zero-order valence-electron chi connectivity index (χ0n) is 12.7. The van der Waals surface area contributed by atoms with E-state index >= 15 is 0 Å². The number of benzene rings is 2. The molecule has 3 nitrogen and oxygen atoms in total. The Bertz CT molecular complexity index is 978. The number of hydrogen-bond acceptors (Lipinski definition) is 3. The van der Waals surface area contributed by atoms with Crippen molar-refractivity contribution in [2.24, 2.45) is 0 Å². The van der Waals surface area contributed by atoms with E-state index in [9.17, 15) is 0 Å². The largest absolute Gasteiger partial charge is 0.382 e. The first-order chi connectivity index (χ1) is 11.3. The molecule has 0 atom stereocenters. The summed E-state index contributed by atoms with van der Waals surface area (Å²) in [6.45, 7) is 0. The van der Waals surface area contributed by atoms with Crippen LogP contribution in [0.3, 0.4) is 0 Å². The van der Waals surface area contributed by atoms with Crippen LogP contribution in [0.4, 0.5) is 5.82 Å². The molecule has 2 heterocycles. The molecular weight excluding hydrogens is 282 g/mol. The molecule has 2 N–H and O–H groups in total. The summed E-state index contributed by atoms with van der Waals surface area (Å²) in [7, 11) is 0. The Labute approximate surface area is 134 Å². The predicted molar refractivity (Wildman–Crippen MR) is 95.3 cm³/mol. The van der Waals surface area contributed by atoms with Gasteiger partial charge in [0.2, 0.25) is 0 Å². The van der Waals surface area contributed by atoms with Crippen molar-refractivity contribution in [3.8, 4) is 0 Å². The number of fused-ring (bicyclic) bond motifs is 3. The summed E-state index contributed by atoms with van der Waals surface area (Å²) in [5.74, 6) is 0.500. The van der Waals surface area contributed by atoms with Crippen LogP contribution in [0.15, 0.2) is 66.9 Å². The van der Waals surface area contributed by atoms with Gasteiger partial charge in [-0.15, -0.1) is 0 Å². The van der Waals surface area contributed by atoms with Crippen molar-refractivity contribution in [2.75, 3.05) is 5.73 Å². The number of rotatable bonds is 3. The molecule has 2 aromatic carbocycles. The van der Waals surface area contributed by atoms with Crippen molar-refractivity contribution in [3.63, 3.8) is 0 Å². The molecule has 112 valence electrons. The molecule has 0 aliphatic carbocycles.